The summed E-state index contributed by atoms with van der Waals surface area (Å²) in [4.78, 5) is 16.4. The minimum Gasteiger partial charge on any atom is -0.399 e. The monoisotopic (exact) mass is 255 g/mol. The summed E-state index contributed by atoms with van der Waals surface area (Å²) in [7, 11) is 0. The van der Waals surface area contributed by atoms with E-state index < -0.39 is 0 Å². The summed E-state index contributed by atoms with van der Waals surface area (Å²) in [6, 6.07) is 11.1. The molecule has 1 heterocycles. The highest BCUT2D eigenvalue weighted by Crippen LogP contribution is 2.12. The minimum atomic E-state index is -0.131. The first-order chi connectivity index (χ1) is 9.06. The van der Waals surface area contributed by atoms with Gasteiger partial charge in [-0.3, -0.25) is 9.78 Å². The Labute approximate surface area is 112 Å². The fourth-order valence-corrected chi connectivity index (χ4v) is 1.85. The number of hydrogen-bond donors (Lipinski definition) is 2. The van der Waals surface area contributed by atoms with Crippen LogP contribution in [0.4, 0.5) is 5.69 Å². The number of nitrogens with two attached hydrogens (primary N) is 1. The molecule has 19 heavy (non-hydrogen) atoms. The van der Waals surface area contributed by atoms with Gasteiger partial charge in [-0.15, -0.1) is 0 Å². The van der Waals surface area contributed by atoms with E-state index in [1.165, 1.54) is 0 Å². The van der Waals surface area contributed by atoms with E-state index >= 15 is 0 Å². The van der Waals surface area contributed by atoms with Crippen molar-refractivity contribution >= 4 is 11.6 Å². The molecule has 1 amide bonds. The van der Waals surface area contributed by atoms with Crippen molar-refractivity contribution in [3.8, 4) is 0 Å². The number of benzene rings is 1. The van der Waals surface area contributed by atoms with Crippen LogP contribution in [0.1, 0.15) is 27.3 Å². The number of amides is 1. The van der Waals surface area contributed by atoms with Crippen LogP contribution in [0.5, 0.6) is 0 Å². The van der Waals surface area contributed by atoms with Crippen LogP contribution in [-0.4, -0.2) is 10.9 Å². The van der Waals surface area contributed by atoms with Crippen LogP contribution in [-0.2, 0) is 6.54 Å². The van der Waals surface area contributed by atoms with Crippen molar-refractivity contribution in [2.75, 3.05) is 5.73 Å². The summed E-state index contributed by atoms with van der Waals surface area (Å²) in [6.07, 6.45) is 0. The van der Waals surface area contributed by atoms with Gasteiger partial charge in [-0.25, -0.2) is 0 Å². The molecule has 0 bridgehead atoms. The number of aromatic nitrogens is 1. The fourth-order valence-electron chi connectivity index (χ4n) is 1.85. The van der Waals surface area contributed by atoms with Gasteiger partial charge in [0.05, 0.1) is 12.2 Å². The van der Waals surface area contributed by atoms with Gasteiger partial charge < -0.3 is 11.1 Å². The molecule has 0 spiro atoms. The summed E-state index contributed by atoms with van der Waals surface area (Å²) < 4.78 is 0. The van der Waals surface area contributed by atoms with E-state index in [0.29, 0.717) is 17.8 Å². The van der Waals surface area contributed by atoms with E-state index in [4.69, 9.17) is 5.73 Å². The Balaban J connectivity index is 2.07. The molecule has 1 aromatic carbocycles. The Hall–Kier alpha value is -2.36. The Morgan fingerprint density at radius 3 is 2.79 bits per heavy atom. The van der Waals surface area contributed by atoms with Crippen LogP contribution < -0.4 is 11.1 Å². The van der Waals surface area contributed by atoms with Crippen molar-refractivity contribution in [1.29, 1.82) is 0 Å². The van der Waals surface area contributed by atoms with Gasteiger partial charge in [-0.1, -0.05) is 12.1 Å². The summed E-state index contributed by atoms with van der Waals surface area (Å²) in [5.74, 6) is -0.131. The number of nitrogens with one attached hydrogen (secondary N) is 1. The molecule has 3 N–H and O–H groups in total. The topological polar surface area (TPSA) is 68.0 Å². The van der Waals surface area contributed by atoms with Gasteiger partial charge >= 0.3 is 0 Å². The third-order valence-electron chi connectivity index (χ3n) is 2.88. The summed E-state index contributed by atoms with van der Waals surface area (Å²) in [5.41, 5.74) is 9.58. The maximum Gasteiger partial charge on any atom is 0.251 e. The Kier molecular flexibility index (Phi) is 3.80. The predicted molar refractivity (Wildman–Crippen MR) is 75.7 cm³/mol. The number of anilines is 1. The van der Waals surface area contributed by atoms with E-state index in [-0.39, 0.29) is 5.91 Å². The molecule has 0 aliphatic carbocycles. The lowest BCUT2D eigenvalue weighted by Gasteiger charge is -2.08. The molecule has 4 nitrogen and oxygen atoms in total. The van der Waals surface area contributed by atoms with Gasteiger partial charge in [0.1, 0.15) is 0 Å². The molecule has 1 aromatic heterocycles. The van der Waals surface area contributed by atoms with Crippen molar-refractivity contribution in [3.05, 3.63) is 58.9 Å². The van der Waals surface area contributed by atoms with Crippen molar-refractivity contribution in [2.24, 2.45) is 0 Å². The lowest BCUT2D eigenvalue weighted by molar-refractivity contribution is 0.0950. The van der Waals surface area contributed by atoms with Gasteiger partial charge in [0.2, 0.25) is 0 Å². The average Bonchev–Trinajstić information content (AvgIpc) is 2.39. The number of carbonyl (C=O) groups is 1. The maximum absolute atomic E-state index is 12.1. The number of hydrogen-bond acceptors (Lipinski definition) is 3. The van der Waals surface area contributed by atoms with Crippen LogP contribution in [0, 0.1) is 13.8 Å². The molecule has 0 saturated carbocycles. The van der Waals surface area contributed by atoms with Crippen molar-refractivity contribution < 1.29 is 4.79 Å². The van der Waals surface area contributed by atoms with Crippen LogP contribution in [0.2, 0.25) is 0 Å². The number of nitrogen functional groups attached to an aromatic ring is 1. The van der Waals surface area contributed by atoms with Gasteiger partial charge in [-0.2, -0.15) is 0 Å². The van der Waals surface area contributed by atoms with Crippen LogP contribution in [0.25, 0.3) is 0 Å². The smallest absolute Gasteiger partial charge is 0.251 e. The van der Waals surface area contributed by atoms with Gasteiger partial charge in [0.25, 0.3) is 5.91 Å². The van der Waals surface area contributed by atoms with Crippen LogP contribution in [0.3, 0.4) is 0 Å². The predicted octanol–water partition coefficient (Wildman–Crippen LogP) is 2.21. The van der Waals surface area contributed by atoms with Gasteiger partial charge in [0.15, 0.2) is 0 Å². The lowest BCUT2D eigenvalue weighted by atomic mass is 10.1. The van der Waals surface area contributed by atoms with E-state index in [2.05, 4.69) is 10.3 Å². The number of nitrogens with zero attached hydrogens (tertiary/aromatic N) is 1. The minimum absolute atomic E-state index is 0.131. The Bertz CT molecular complexity index is 608. The molecule has 2 rings (SSSR count). The highest BCUT2D eigenvalue weighted by molar-refractivity contribution is 5.96. The van der Waals surface area contributed by atoms with Crippen LogP contribution in [0.15, 0.2) is 36.4 Å². The molecule has 0 fully saturated rings. The fraction of sp³-hybridized carbons (Fsp3) is 0.200. The molecule has 4 heteroatoms. The molecule has 98 valence electrons. The van der Waals surface area contributed by atoms with E-state index in [9.17, 15) is 4.79 Å². The standard InChI is InChI=1S/C15H17N3O/c1-10-6-7-12(16)8-14(10)15(19)17-9-13-5-3-4-11(2)18-13/h3-8H,9,16H2,1-2H3,(H,17,19). The second-order valence-electron chi connectivity index (χ2n) is 4.53. The first kappa shape index (κ1) is 13.1. The van der Waals surface area contributed by atoms with Crippen molar-refractivity contribution in [1.82, 2.24) is 10.3 Å². The molecule has 0 aliphatic heterocycles. The zero-order valence-electron chi connectivity index (χ0n) is 11.1. The van der Waals surface area contributed by atoms with Crippen molar-refractivity contribution in [2.45, 2.75) is 20.4 Å². The first-order valence-corrected chi connectivity index (χ1v) is 6.13. The number of pyridine rings is 1. The SMILES string of the molecule is Cc1cccc(CNC(=O)c2cc(N)ccc2C)n1. The normalized spacial score (nSPS) is 10.2. The Morgan fingerprint density at radius 1 is 1.26 bits per heavy atom. The number of carbonyl (C=O) groups excluding carboxylic acids is 1. The molecule has 0 unspecified atom stereocenters. The van der Waals surface area contributed by atoms with E-state index in [1.54, 1.807) is 12.1 Å². The zero-order valence-corrected chi connectivity index (χ0v) is 11.1. The highest BCUT2D eigenvalue weighted by Gasteiger charge is 2.09. The second kappa shape index (κ2) is 5.52. The van der Waals surface area contributed by atoms with E-state index in [0.717, 1.165) is 17.0 Å². The highest BCUT2D eigenvalue weighted by atomic mass is 16.1. The third kappa shape index (κ3) is 3.31. The molecule has 0 aliphatic rings. The molecule has 0 radical (unpaired) electrons. The molecular formula is C15H17N3O. The molecule has 2 aromatic rings. The first-order valence-electron chi connectivity index (χ1n) is 6.13. The van der Waals surface area contributed by atoms with Crippen molar-refractivity contribution in [3.63, 3.8) is 0 Å². The van der Waals surface area contributed by atoms with E-state index in [1.807, 2.05) is 38.1 Å². The third-order valence-corrected chi connectivity index (χ3v) is 2.88. The summed E-state index contributed by atoms with van der Waals surface area (Å²) in [6.45, 7) is 4.22. The molecular weight excluding hydrogens is 238 g/mol. The quantitative estimate of drug-likeness (QED) is 0.826. The van der Waals surface area contributed by atoms with Crippen LogP contribution >= 0.6 is 0 Å². The number of rotatable bonds is 3. The Morgan fingerprint density at radius 2 is 2.05 bits per heavy atom. The molecule has 0 atom stereocenters. The average molecular weight is 255 g/mol. The summed E-state index contributed by atoms with van der Waals surface area (Å²) in [5, 5.41) is 2.85. The second-order valence-corrected chi connectivity index (χ2v) is 4.53. The lowest BCUT2D eigenvalue weighted by Crippen LogP contribution is -2.24. The maximum atomic E-state index is 12.1. The zero-order chi connectivity index (χ0) is 13.8. The molecule has 0 saturated heterocycles. The largest absolute Gasteiger partial charge is 0.399 e. The van der Waals surface area contributed by atoms with Gasteiger partial charge in [0, 0.05) is 16.9 Å². The van der Waals surface area contributed by atoms with Gasteiger partial charge in [-0.05, 0) is 43.7 Å². The number of aryl methyl sites for hydroxylation is 2. The summed E-state index contributed by atoms with van der Waals surface area (Å²) >= 11 is 0.